The van der Waals surface area contributed by atoms with Crippen molar-refractivity contribution in [2.24, 2.45) is 5.92 Å². The third-order valence-electron chi connectivity index (χ3n) is 3.41. The molecule has 1 aromatic rings. The van der Waals surface area contributed by atoms with Gasteiger partial charge in [0.05, 0.1) is 4.88 Å². The summed E-state index contributed by atoms with van der Waals surface area (Å²) in [5.41, 5.74) is -0.238. The van der Waals surface area contributed by atoms with Crippen LogP contribution >= 0.6 is 11.3 Å². The topological polar surface area (TPSA) is 39.2 Å². The van der Waals surface area contributed by atoms with Gasteiger partial charge in [0.25, 0.3) is 0 Å². The van der Waals surface area contributed by atoms with Gasteiger partial charge in [0.1, 0.15) is 10.6 Å². The summed E-state index contributed by atoms with van der Waals surface area (Å²) < 4.78 is 6.02. The summed E-state index contributed by atoms with van der Waals surface area (Å²) in [6.07, 6.45) is 7.02. The zero-order chi connectivity index (χ0) is 12.3. The van der Waals surface area contributed by atoms with Crippen LogP contribution in [0.4, 0.5) is 0 Å². The van der Waals surface area contributed by atoms with Crippen molar-refractivity contribution in [3.05, 3.63) is 16.1 Å². The molecule has 1 aliphatic rings. The monoisotopic (exact) mass is 253 g/mol. The number of aldehydes is 1. The summed E-state index contributed by atoms with van der Waals surface area (Å²) in [5.74, 6) is 0.666. The van der Waals surface area contributed by atoms with Crippen LogP contribution in [0.1, 0.15) is 54.2 Å². The van der Waals surface area contributed by atoms with E-state index in [2.05, 4.69) is 11.9 Å². The van der Waals surface area contributed by atoms with E-state index in [9.17, 15) is 4.79 Å². The molecule has 0 aliphatic heterocycles. The van der Waals surface area contributed by atoms with Crippen LogP contribution in [-0.2, 0) is 10.3 Å². The third kappa shape index (κ3) is 2.58. The van der Waals surface area contributed by atoms with E-state index in [4.69, 9.17) is 4.74 Å². The minimum atomic E-state index is -0.238. The molecule has 1 aromatic heterocycles. The number of nitrogens with zero attached hydrogens (tertiary/aromatic N) is 1. The average Bonchev–Trinajstić information content (AvgIpc) is 2.78. The maximum Gasteiger partial charge on any atom is 0.161 e. The fraction of sp³-hybridized carbons (Fsp3) is 0.692. The fourth-order valence-corrected chi connectivity index (χ4v) is 3.63. The SMILES string of the molecule is CCOC1(c2ncc(C=O)s2)CCCC(C)C1. The first-order valence-electron chi connectivity index (χ1n) is 6.25. The lowest BCUT2D eigenvalue weighted by atomic mass is 9.79. The van der Waals surface area contributed by atoms with Crippen LogP contribution in [0.15, 0.2) is 6.20 Å². The predicted octanol–water partition coefficient (Wildman–Crippen LogP) is 3.40. The molecule has 17 heavy (non-hydrogen) atoms. The van der Waals surface area contributed by atoms with E-state index in [1.54, 1.807) is 6.20 Å². The van der Waals surface area contributed by atoms with Gasteiger partial charge in [0.15, 0.2) is 6.29 Å². The van der Waals surface area contributed by atoms with Crippen molar-refractivity contribution < 1.29 is 9.53 Å². The quantitative estimate of drug-likeness (QED) is 0.772. The second kappa shape index (κ2) is 5.27. The van der Waals surface area contributed by atoms with E-state index in [1.165, 1.54) is 24.2 Å². The number of carbonyl (C=O) groups excluding carboxylic acids is 1. The summed E-state index contributed by atoms with van der Waals surface area (Å²) in [5, 5.41) is 0.980. The third-order valence-corrected chi connectivity index (χ3v) is 4.51. The Labute approximate surface area is 106 Å². The van der Waals surface area contributed by atoms with Crippen LogP contribution in [0.3, 0.4) is 0 Å². The number of hydrogen-bond acceptors (Lipinski definition) is 4. The molecule has 2 rings (SSSR count). The Kier molecular flexibility index (Phi) is 3.94. The van der Waals surface area contributed by atoms with Gasteiger partial charge in [-0.25, -0.2) is 4.98 Å². The van der Waals surface area contributed by atoms with Crippen LogP contribution < -0.4 is 0 Å². The minimum absolute atomic E-state index is 0.238. The molecule has 0 amide bonds. The highest BCUT2D eigenvalue weighted by atomic mass is 32.1. The molecule has 2 atom stereocenters. The van der Waals surface area contributed by atoms with Gasteiger partial charge in [-0.2, -0.15) is 0 Å². The number of rotatable bonds is 4. The van der Waals surface area contributed by atoms with Gasteiger partial charge in [-0.1, -0.05) is 13.3 Å². The maximum atomic E-state index is 10.8. The first-order valence-corrected chi connectivity index (χ1v) is 7.07. The molecule has 2 unspecified atom stereocenters. The van der Waals surface area contributed by atoms with E-state index in [1.807, 2.05) is 6.92 Å². The summed E-state index contributed by atoms with van der Waals surface area (Å²) >= 11 is 1.48. The second-order valence-corrected chi connectivity index (χ2v) is 5.88. The highest BCUT2D eigenvalue weighted by Gasteiger charge is 2.39. The first-order chi connectivity index (χ1) is 8.20. The Morgan fingerprint density at radius 2 is 2.53 bits per heavy atom. The van der Waals surface area contributed by atoms with Gasteiger partial charge in [-0.3, -0.25) is 4.79 Å². The Balaban J connectivity index is 2.29. The number of thiazole rings is 1. The van der Waals surface area contributed by atoms with Crippen LogP contribution in [0.2, 0.25) is 0 Å². The highest BCUT2D eigenvalue weighted by molar-refractivity contribution is 7.13. The summed E-state index contributed by atoms with van der Waals surface area (Å²) in [7, 11) is 0. The van der Waals surface area contributed by atoms with Crippen LogP contribution in [0, 0.1) is 5.92 Å². The molecule has 1 saturated carbocycles. The van der Waals surface area contributed by atoms with E-state index in [0.29, 0.717) is 17.4 Å². The fourth-order valence-electron chi connectivity index (χ4n) is 2.72. The molecule has 0 saturated heterocycles. The van der Waals surface area contributed by atoms with Crippen molar-refractivity contribution in [3.63, 3.8) is 0 Å². The molecule has 0 bridgehead atoms. The average molecular weight is 253 g/mol. The van der Waals surface area contributed by atoms with Crippen LogP contribution in [0.5, 0.6) is 0 Å². The van der Waals surface area contributed by atoms with Crippen molar-refractivity contribution in [2.75, 3.05) is 6.61 Å². The Morgan fingerprint density at radius 1 is 1.71 bits per heavy atom. The maximum absolute atomic E-state index is 10.8. The molecule has 0 radical (unpaired) electrons. The Bertz CT molecular complexity index is 387. The molecule has 0 aromatic carbocycles. The zero-order valence-corrected chi connectivity index (χ0v) is 11.3. The molecule has 4 heteroatoms. The largest absolute Gasteiger partial charge is 0.368 e. The van der Waals surface area contributed by atoms with Gasteiger partial charge in [0, 0.05) is 12.8 Å². The van der Waals surface area contributed by atoms with Gasteiger partial charge in [-0.15, -0.1) is 11.3 Å². The van der Waals surface area contributed by atoms with Gasteiger partial charge < -0.3 is 4.74 Å². The minimum Gasteiger partial charge on any atom is -0.368 e. The summed E-state index contributed by atoms with van der Waals surface area (Å²) in [4.78, 5) is 15.8. The normalized spacial score (nSPS) is 29.2. The number of carbonyl (C=O) groups is 1. The lowest BCUT2D eigenvalue weighted by Gasteiger charge is -2.38. The number of ether oxygens (including phenoxy) is 1. The molecule has 1 aliphatic carbocycles. The molecule has 94 valence electrons. The van der Waals surface area contributed by atoms with Crippen molar-refractivity contribution in [1.82, 2.24) is 4.98 Å². The van der Waals surface area contributed by atoms with Crippen molar-refractivity contribution in [1.29, 1.82) is 0 Å². The Hall–Kier alpha value is -0.740. The lowest BCUT2D eigenvalue weighted by molar-refractivity contribution is -0.0820. The number of hydrogen-bond donors (Lipinski definition) is 0. The van der Waals surface area contributed by atoms with Crippen LogP contribution in [-0.4, -0.2) is 17.9 Å². The van der Waals surface area contributed by atoms with E-state index >= 15 is 0 Å². The molecule has 0 spiro atoms. The molecule has 1 heterocycles. The first kappa shape index (κ1) is 12.7. The number of aromatic nitrogens is 1. The standard InChI is InChI=1S/C13H19NO2S/c1-3-16-13(6-4-5-10(2)7-13)12-14-8-11(9-15)17-12/h8-10H,3-7H2,1-2H3. The van der Waals surface area contributed by atoms with Crippen molar-refractivity contribution in [3.8, 4) is 0 Å². The lowest BCUT2D eigenvalue weighted by Crippen LogP contribution is -2.35. The van der Waals surface area contributed by atoms with Crippen molar-refractivity contribution in [2.45, 2.75) is 45.1 Å². The smallest absolute Gasteiger partial charge is 0.161 e. The molecule has 1 fully saturated rings. The molecular weight excluding hydrogens is 234 g/mol. The predicted molar refractivity (Wildman–Crippen MR) is 68.4 cm³/mol. The Morgan fingerprint density at radius 3 is 3.12 bits per heavy atom. The second-order valence-electron chi connectivity index (χ2n) is 4.81. The van der Waals surface area contributed by atoms with Crippen molar-refractivity contribution >= 4 is 17.6 Å². The molecule has 3 nitrogen and oxygen atoms in total. The highest BCUT2D eigenvalue weighted by Crippen LogP contribution is 2.44. The van der Waals surface area contributed by atoms with Crippen LogP contribution in [0.25, 0.3) is 0 Å². The van der Waals surface area contributed by atoms with Gasteiger partial charge in [0.2, 0.25) is 0 Å². The summed E-state index contributed by atoms with van der Waals surface area (Å²) in [6.45, 7) is 4.99. The van der Waals surface area contributed by atoms with E-state index in [-0.39, 0.29) is 5.60 Å². The summed E-state index contributed by atoms with van der Waals surface area (Å²) in [6, 6.07) is 0. The van der Waals surface area contributed by atoms with Gasteiger partial charge >= 0.3 is 0 Å². The van der Waals surface area contributed by atoms with Gasteiger partial charge in [-0.05, 0) is 32.1 Å². The van der Waals surface area contributed by atoms with E-state index < -0.39 is 0 Å². The molecule has 0 N–H and O–H groups in total. The molecular formula is C13H19NO2S. The zero-order valence-electron chi connectivity index (χ0n) is 10.4. The van der Waals surface area contributed by atoms with E-state index in [0.717, 1.165) is 24.1 Å².